The van der Waals surface area contributed by atoms with E-state index < -0.39 is 5.83 Å². The first-order valence-corrected chi connectivity index (χ1v) is 12.0. The molecular formula is C27H24ClFN6O. The van der Waals surface area contributed by atoms with Gasteiger partial charge in [0, 0.05) is 30.3 Å². The van der Waals surface area contributed by atoms with Crippen LogP contribution in [0.2, 0.25) is 5.02 Å². The molecule has 1 saturated heterocycles. The molecule has 1 atom stereocenters. The predicted molar refractivity (Wildman–Crippen MR) is 139 cm³/mol. The second-order valence-corrected chi connectivity index (χ2v) is 8.75. The number of hydrogen-bond donors (Lipinski definition) is 1. The van der Waals surface area contributed by atoms with Gasteiger partial charge in [-0.05, 0) is 49.2 Å². The summed E-state index contributed by atoms with van der Waals surface area (Å²) in [6.45, 7) is 1.24. The molecule has 0 bridgehead atoms. The van der Waals surface area contributed by atoms with Gasteiger partial charge in [-0.3, -0.25) is 4.98 Å². The summed E-state index contributed by atoms with van der Waals surface area (Å²) in [5.41, 5.74) is 8.65. The molecule has 0 unspecified atom stereocenters. The molecule has 0 aliphatic carbocycles. The number of rotatable bonds is 7. The predicted octanol–water partition coefficient (Wildman–Crippen LogP) is 5.77. The standard InChI is InChI=1S/C27H24ClFN6O/c28-26-25(36-21-6-2-1-3-7-21)9-8-18(27(26)35-12-4-5-20(35)14-30)13-22(29)24-17-31-16-23(34-24)19-10-11-32-33-15-19/h1-3,6-11,13,15-17,20H,4-5,12,14,30H2/b22-13-/t20-/m1/s1. The molecule has 2 N–H and O–H groups in total. The van der Waals surface area contributed by atoms with Crippen LogP contribution in [-0.4, -0.2) is 39.3 Å². The maximum absolute atomic E-state index is 15.6. The second kappa shape index (κ2) is 10.8. The fourth-order valence-electron chi connectivity index (χ4n) is 4.31. The van der Waals surface area contributed by atoms with Gasteiger partial charge in [0.25, 0.3) is 0 Å². The highest BCUT2D eigenvalue weighted by Gasteiger charge is 2.28. The van der Waals surface area contributed by atoms with Crippen LogP contribution in [0.25, 0.3) is 23.2 Å². The maximum Gasteiger partial charge on any atom is 0.151 e. The van der Waals surface area contributed by atoms with Gasteiger partial charge < -0.3 is 15.4 Å². The van der Waals surface area contributed by atoms with Gasteiger partial charge in [0.05, 0.1) is 36.2 Å². The third kappa shape index (κ3) is 5.05. The molecule has 0 spiro atoms. The Labute approximate surface area is 213 Å². The van der Waals surface area contributed by atoms with Gasteiger partial charge in [-0.15, -0.1) is 0 Å². The van der Waals surface area contributed by atoms with Gasteiger partial charge in [-0.2, -0.15) is 10.2 Å². The molecule has 2 aromatic heterocycles. The van der Waals surface area contributed by atoms with E-state index in [9.17, 15) is 0 Å². The van der Waals surface area contributed by atoms with E-state index in [4.69, 9.17) is 22.1 Å². The summed E-state index contributed by atoms with van der Waals surface area (Å²) in [6, 6.07) is 14.8. The zero-order chi connectivity index (χ0) is 24.9. The van der Waals surface area contributed by atoms with Crippen molar-refractivity contribution in [2.75, 3.05) is 18.0 Å². The van der Waals surface area contributed by atoms with E-state index in [-0.39, 0.29) is 11.7 Å². The Morgan fingerprint density at radius 1 is 1.11 bits per heavy atom. The molecule has 36 heavy (non-hydrogen) atoms. The van der Waals surface area contributed by atoms with Crippen LogP contribution in [-0.2, 0) is 0 Å². The Morgan fingerprint density at radius 3 is 2.75 bits per heavy atom. The first kappa shape index (κ1) is 23.8. The molecule has 0 radical (unpaired) electrons. The van der Waals surface area contributed by atoms with Gasteiger partial charge in [-0.1, -0.05) is 29.8 Å². The van der Waals surface area contributed by atoms with Gasteiger partial charge in [0.1, 0.15) is 22.2 Å². The number of nitrogens with zero attached hydrogens (tertiary/aromatic N) is 5. The second-order valence-electron chi connectivity index (χ2n) is 8.37. The fraction of sp³-hybridized carbons (Fsp3) is 0.185. The first-order chi connectivity index (χ1) is 17.6. The summed E-state index contributed by atoms with van der Waals surface area (Å²) in [5, 5.41) is 8.03. The molecule has 5 rings (SSSR count). The van der Waals surface area contributed by atoms with Crippen LogP contribution >= 0.6 is 11.6 Å². The fourth-order valence-corrected chi connectivity index (χ4v) is 4.63. The summed E-state index contributed by atoms with van der Waals surface area (Å²) < 4.78 is 21.6. The number of hydrogen-bond acceptors (Lipinski definition) is 7. The van der Waals surface area contributed by atoms with Crippen LogP contribution in [0.3, 0.4) is 0 Å². The van der Waals surface area contributed by atoms with E-state index in [1.807, 2.05) is 30.3 Å². The summed E-state index contributed by atoms with van der Waals surface area (Å²) in [6.07, 6.45) is 9.39. The summed E-state index contributed by atoms with van der Waals surface area (Å²) >= 11 is 6.90. The van der Waals surface area contributed by atoms with Crippen molar-refractivity contribution in [1.82, 2.24) is 20.2 Å². The molecule has 7 nitrogen and oxygen atoms in total. The molecular weight excluding hydrogens is 479 g/mol. The highest BCUT2D eigenvalue weighted by Crippen LogP contribution is 2.43. The zero-order valence-electron chi connectivity index (χ0n) is 19.4. The smallest absolute Gasteiger partial charge is 0.151 e. The molecule has 182 valence electrons. The van der Waals surface area contributed by atoms with Gasteiger partial charge in [0.2, 0.25) is 0 Å². The SMILES string of the molecule is NC[C@H]1CCCN1c1c(/C=C(\F)c2cncc(-c3ccnnc3)n2)ccc(Oc2ccccc2)c1Cl. The lowest BCUT2D eigenvalue weighted by atomic mass is 10.1. The normalized spacial score (nSPS) is 15.8. The average Bonchev–Trinajstić information content (AvgIpc) is 3.40. The largest absolute Gasteiger partial charge is 0.456 e. The number of nitrogens with two attached hydrogens (primary N) is 1. The number of anilines is 1. The van der Waals surface area contributed by atoms with Crippen molar-refractivity contribution in [2.24, 2.45) is 5.73 Å². The number of para-hydroxylation sites is 1. The molecule has 1 aliphatic rings. The lowest BCUT2D eigenvalue weighted by Gasteiger charge is -2.29. The van der Waals surface area contributed by atoms with Gasteiger partial charge >= 0.3 is 0 Å². The molecule has 1 fully saturated rings. The third-order valence-electron chi connectivity index (χ3n) is 6.06. The van der Waals surface area contributed by atoms with Gasteiger partial charge in [-0.25, -0.2) is 9.37 Å². The molecule has 3 heterocycles. The van der Waals surface area contributed by atoms with Crippen LogP contribution in [0.5, 0.6) is 11.5 Å². The van der Waals surface area contributed by atoms with E-state index in [1.54, 1.807) is 36.8 Å². The highest BCUT2D eigenvalue weighted by atomic mass is 35.5. The van der Waals surface area contributed by atoms with Crippen LogP contribution in [0, 0.1) is 0 Å². The number of aromatic nitrogens is 4. The van der Waals surface area contributed by atoms with Crippen molar-refractivity contribution in [2.45, 2.75) is 18.9 Å². The van der Waals surface area contributed by atoms with Crippen molar-refractivity contribution in [3.05, 3.63) is 89.6 Å². The molecule has 2 aromatic carbocycles. The Kier molecular flexibility index (Phi) is 7.16. The Bertz CT molecular complexity index is 1370. The van der Waals surface area contributed by atoms with Crippen molar-refractivity contribution in [3.8, 4) is 22.8 Å². The summed E-state index contributed by atoms with van der Waals surface area (Å²) in [7, 11) is 0. The highest BCUT2D eigenvalue weighted by molar-refractivity contribution is 6.35. The van der Waals surface area contributed by atoms with E-state index in [0.29, 0.717) is 45.6 Å². The first-order valence-electron chi connectivity index (χ1n) is 11.6. The average molecular weight is 503 g/mol. The number of halogens is 2. The molecule has 1 aliphatic heterocycles. The molecule has 0 amide bonds. The Balaban J connectivity index is 1.55. The summed E-state index contributed by atoms with van der Waals surface area (Å²) in [4.78, 5) is 10.7. The molecule has 9 heteroatoms. The van der Waals surface area contributed by atoms with Crippen molar-refractivity contribution in [3.63, 3.8) is 0 Å². The van der Waals surface area contributed by atoms with Crippen LogP contribution in [0.15, 0.2) is 73.3 Å². The molecule has 0 saturated carbocycles. The minimum atomic E-state index is -0.538. The van der Waals surface area contributed by atoms with E-state index in [0.717, 1.165) is 19.4 Å². The van der Waals surface area contributed by atoms with Crippen molar-refractivity contribution in [1.29, 1.82) is 0 Å². The quantitative estimate of drug-likeness (QED) is 0.343. The lowest BCUT2D eigenvalue weighted by Crippen LogP contribution is -2.36. The topological polar surface area (TPSA) is 90.1 Å². The Morgan fingerprint density at radius 2 is 1.97 bits per heavy atom. The zero-order valence-corrected chi connectivity index (χ0v) is 20.1. The van der Waals surface area contributed by atoms with E-state index in [1.165, 1.54) is 12.3 Å². The van der Waals surface area contributed by atoms with Crippen LogP contribution in [0.4, 0.5) is 10.1 Å². The van der Waals surface area contributed by atoms with Crippen LogP contribution < -0.4 is 15.4 Å². The van der Waals surface area contributed by atoms with Crippen molar-refractivity contribution >= 4 is 29.2 Å². The third-order valence-corrected chi connectivity index (χ3v) is 6.43. The summed E-state index contributed by atoms with van der Waals surface area (Å²) in [5.74, 6) is 0.614. The van der Waals surface area contributed by atoms with Crippen molar-refractivity contribution < 1.29 is 9.13 Å². The number of ether oxygens (including phenoxy) is 1. The van der Waals surface area contributed by atoms with E-state index in [2.05, 4.69) is 25.1 Å². The van der Waals surface area contributed by atoms with Gasteiger partial charge in [0.15, 0.2) is 5.83 Å². The number of benzene rings is 2. The minimum Gasteiger partial charge on any atom is -0.456 e. The molecule has 4 aromatic rings. The maximum atomic E-state index is 15.6. The monoisotopic (exact) mass is 502 g/mol. The lowest BCUT2D eigenvalue weighted by molar-refractivity contribution is 0.482. The van der Waals surface area contributed by atoms with E-state index >= 15 is 4.39 Å². The minimum absolute atomic E-state index is 0.104. The Hall–Kier alpha value is -3.88. The van der Waals surface area contributed by atoms with Crippen LogP contribution in [0.1, 0.15) is 24.1 Å².